The molecule has 72 valence electrons. The summed E-state index contributed by atoms with van der Waals surface area (Å²) in [7, 11) is 0. The molecule has 0 spiro atoms. The summed E-state index contributed by atoms with van der Waals surface area (Å²) in [5.41, 5.74) is 0. The van der Waals surface area contributed by atoms with Crippen molar-refractivity contribution in [1.29, 1.82) is 0 Å². The van der Waals surface area contributed by atoms with Gasteiger partial charge in [-0.25, -0.2) is 0 Å². The Morgan fingerprint density at radius 1 is 1.54 bits per heavy atom. The zero-order valence-corrected chi connectivity index (χ0v) is 7.65. The molecular formula is C10H15NO2. The molecule has 1 amide bonds. The molecule has 1 N–H and O–H groups in total. The van der Waals surface area contributed by atoms with Crippen LogP contribution in [0.15, 0.2) is 12.7 Å². The van der Waals surface area contributed by atoms with Gasteiger partial charge in [-0.05, 0) is 19.3 Å². The van der Waals surface area contributed by atoms with Crippen LogP contribution in [0.3, 0.4) is 0 Å². The third-order valence-corrected chi connectivity index (χ3v) is 3.06. The number of carbonyl (C=O) groups excluding carboxylic acids is 1. The lowest BCUT2D eigenvalue weighted by Crippen LogP contribution is -2.48. The van der Waals surface area contributed by atoms with Crippen molar-refractivity contribution in [3.8, 4) is 0 Å². The Morgan fingerprint density at radius 3 is 3.00 bits per heavy atom. The quantitative estimate of drug-likeness (QED) is 0.604. The van der Waals surface area contributed by atoms with E-state index in [9.17, 15) is 9.90 Å². The van der Waals surface area contributed by atoms with Crippen molar-refractivity contribution >= 4 is 5.91 Å². The normalized spacial score (nSPS) is 39.0. The number of amides is 1. The molecule has 0 bridgehead atoms. The van der Waals surface area contributed by atoms with Crippen LogP contribution in [0.1, 0.15) is 25.7 Å². The zero-order chi connectivity index (χ0) is 9.42. The van der Waals surface area contributed by atoms with Crippen LogP contribution in [0.2, 0.25) is 0 Å². The maximum atomic E-state index is 11.5. The van der Waals surface area contributed by atoms with Crippen molar-refractivity contribution in [2.45, 2.75) is 43.9 Å². The number of hydrogen-bond donors (Lipinski definition) is 1. The first kappa shape index (κ1) is 8.75. The van der Waals surface area contributed by atoms with Crippen molar-refractivity contribution in [3.05, 3.63) is 12.7 Å². The van der Waals surface area contributed by atoms with Crippen LogP contribution in [0.25, 0.3) is 0 Å². The van der Waals surface area contributed by atoms with E-state index in [4.69, 9.17) is 0 Å². The van der Waals surface area contributed by atoms with Gasteiger partial charge in [0.15, 0.2) is 0 Å². The number of aliphatic hydroxyl groups is 1. The molecule has 0 aromatic heterocycles. The number of hydrogen-bond acceptors (Lipinski definition) is 2. The first-order valence-electron chi connectivity index (χ1n) is 4.84. The van der Waals surface area contributed by atoms with Gasteiger partial charge in [0.05, 0.1) is 12.1 Å². The number of aliphatic hydroxyl groups excluding tert-OH is 1. The number of fused-ring (bicyclic) bond motifs is 1. The largest absolute Gasteiger partial charge is 0.393 e. The lowest BCUT2D eigenvalue weighted by molar-refractivity contribution is -0.132. The highest BCUT2D eigenvalue weighted by Gasteiger charge is 2.40. The van der Waals surface area contributed by atoms with Crippen molar-refractivity contribution in [3.63, 3.8) is 0 Å². The monoisotopic (exact) mass is 181 g/mol. The van der Waals surface area contributed by atoms with Gasteiger partial charge in [-0.1, -0.05) is 6.08 Å². The Balaban J connectivity index is 2.18. The molecule has 0 aliphatic carbocycles. The second kappa shape index (κ2) is 3.14. The van der Waals surface area contributed by atoms with E-state index < -0.39 is 0 Å². The minimum Gasteiger partial charge on any atom is -0.393 e. The molecule has 0 aromatic rings. The standard InChI is InChI=1S/C10H15NO2/c1-2-7-5-9(12)6-8-3-4-10(13)11(7)8/h2,7-9,12H,1,3-6H2/t7-,8-,9-/m1/s1. The predicted octanol–water partition coefficient (Wildman–Crippen LogP) is 0.687. The van der Waals surface area contributed by atoms with Crippen LogP contribution in [0.5, 0.6) is 0 Å². The summed E-state index contributed by atoms with van der Waals surface area (Å²) in [6.45, 7) is 3.71. The summed E-state index contributed by atoms with van der Waals surface area (Å²) in [6, 6.07) is 0.322. The molecule has 2 aliphatic heterocycles. The van der Waals surface area contributed by atoms with Crippen molar-refractivity contribution < 1.29 is 9.90 Å². The molecule has 3 nitrogen and oxygen atoms in total. The maximum absolute atomic E-state index is 11.5. The van der Waals surface area contributed by atoms with Crippen LogP contribution < -0.4 is 0 Å². The Hall–Kier alpha value is -0.830. The predicted molar refractivity (Wildman–Crippen MR) is 49.1 cm³/mol. The molecule has 2 aliphatic rings. The SMILES string of the molecule is C=C[C@@H]1C[C@@H](O)C[C@H]2CCC(=O)N21. The molecule has 0 saturated carbocycles. The highest BCUT2D eigenvalue weighted by molar-refractivity contribution is 5.79. The van der Waals surface area contributed by atoms with E-state index in [-0.39, 0.29) is 24.1 Å². The fraction of sp³-hybridized carbons (Fsp3) is 0.700. The number of piperidine rings is 1. The van der Waals surface area contributed by atoms with Gasteiger partial charge in [0.25, 0.3) is 0 Å². The van der Waals surface area contributed by atoms with E-state index in [1.807, 2.05) is 4.90 Å². The van der Waals surface area contributed by atoms with E-state index in [0.29, 0.717) is 12.8 Å². The topological polar surface area (TPSA) is 40.5 Å². The Bertz CT molecular complexity index is 239. The summed E-state index contributed by atoms with van der Waals surface area (Å²) in [4.78, 5) is 13.4. The lowest BCUT2D eigenvalue weighted by atomic mass is 9.94. The minimum absolute atomic E-state index is 0.0590. The molecule has 0 unspecified atom stereocenters. The number of rotatable bonds is 1. The Morgan fingerprint density at radius 2 is 2.31 bits per heavy atom. The molecule has 0 radical (unpaired) electrons. The summed E-state index contributed by atoms with van der Waals surface area (Å²) >= 11 is 0. The molecule has 2 rings (SSSR count). The average molecular weight is 181 g/mol. The van der Waals surface area contributed by atoms with Gasteiger partial charge < -0.3 is 10.0 Å². The molecule has 2 saturated heterocycles. The van der Waals surface area contributed by atoms with Gasteiger partial charge in [0.1, 0.15) is 0 Å². The van der Waals surface area contributed by atoms with Crippen LogP contribution in [0.4, 0.5) is 0 Å². The molecule has 13 heavy (non-hydrogen) atoms. The maximum Gasteiger partial charge on any atom is 0.223 e. The van der Waals surface area contributed by atoms with Crippen molar-refractivity contribution in [2.24, 2.45) is 0 Å². The average Bonchev–Trinajstić information content (AvgIpc) is 2.46. The summed E-state index contributed by atoms with van der Waals surface area (Å²) in [6.07, 6.45) is 4.47. The van der Waals surface area contributed by atoms with Gasteiger partial charge in [0.2, 0.25) is 5.91 Å². The molecule has 2 fully saturated rings. The van der Waals surface area contributed by atoms with E-state index in [1.165, 1.54) is 0 Å². The molecule has 3 atom stereocenters. The van der Waals surface area contributed by atoms with E-state index in [0.717, 1.165) is 12.8 Å². The summed E-state index contributed by atoms with van der Waals surface area (Å²) in [5.74, 6) is 0.224. The van der Waals surface area contributed by atoms with Gasteiger partial charge in [0, 0.05) is 12.5 Å². The molecule has 0 aromatic carbocycles. The van der Waals surface area contributed by atoms with Gasteiger partial charge in [-0.3, -0.25) is 4.79 Å². The van der Waals surface area contributed by atoms with E-state index in [1.54, 1.807) is 6.08 Å². The van der Waals surface area contributed by atoms with Crippen LogP contribution in [0, 0.1) is 0 Å². The fourth-order valence-electron chi connectivity index (χ4n) is 2.46. The van der Waals surface area contributed by atoms with E-state index in [2.05, 4.69) is 6.58 Å². The smallest absolute Gasteiger partial charge is 0.223 e. The molecule has 2 heterocycles. The van der Waals surface area contributed by atoms with Crippen LogP contribution in [-0.4, -0.2) is 34.1 Å². The van der Waals surface area contributed by atoms with Crippen molar-refractivity contribution in [1.82, 2.24) is 4.90 Å². The second-order valence-electron chi connectivity index (χ2n) is 3.92. The second-order valence-corrected chi connectivity index (χ2v) is 3.92. The van der Waals surface area contributed by atoms with E-state index >= 15 is 0 Å². The number of nitrogens with zero attached hydrogens (tertiary/aromatic N) is 1. The number of carbonyl (C=O) groups is 1. The Labute approximate surface area is 78.0 Å². The first-order valence-corrected chi connectivity index (χ1v) is 4.84. The highest BCUT2D eigenvalue weighted by atomic mass is 16.3. The minimum atomic E-state index is -0.254. The molecular weight excluding hydrogens is 166 g/mol. The van der Waals surface area contributed by atoms with Gasteiger partial charge >= 0.3 is 0 Å². The first-order chi connectivity index (χ1) is 6.22. The van der Waals surface area contributed by atoms with Crippen LogP contribution >= 0.6 is 0 Å². The summed E-state index contributed by atoms with van der Waals surface area (Å²) in [5, 5.41) is 9.56. The van der Waals surface area contributed by atoms with Gasteiger partial charge in [-0.2, -0.15) is 0 Å². The zero-order valence-electron chi connectivity index (χ0n) is 7.65. The van der Waals surface area contributed by atoms with Crippen molar-refractivity contribution in [2.75, 3.05) is 0 Å². The van der Waals surface area contributed by atoms with Gasteiger partial charge in [-0.15, -0.1) is 6.58 Å². The lowest BCUT2D eigenvalue weighted by Gasteiger charge is -2.38. The molecule has 3 heteroatoms. The summed E-state index contributed by atoms with van der Waals surface area (Å²) < 4.78 is 0. The van der Waals surface area contributed by atoms with Crippen LogP contribution in [-0.2, 0) is 4.79 Å². The Kier molecular flexibility index (Phi) is 2.12. The highest BCUT2D eigenvalue weighted by Crippen LogP contribution is 2.32. The third kappa shape index (κ3) is 1.37. The third-order valence-electron chi connectivity index (χ3n) is 3.06. The fourth-order valence-corrected chi connectivity index (χ4v) is 2.46.